The number of hydrogen-bond donors (Lipinski definition) is 1. The van der Waals surface area contributed by atoms with Crippen molar-refractivity contribution in [2.75, 3.05) is 12.4 Å². The van der Waals surface area contributed by atoms with Crippen LogP contribution < -0.4 is 10.1 Å². The van der Waals surface area contributed by atoms with Gasteiger partial charge in [-0.2, -0.15) is 0 Å². The third-order valence-corrected chi connectivity index (χ3v) is 4.79. The van der Waals surface area contributed by atoms with Crippen molar-refractivity contribution in [3.05, 3.63) is 58.6 Å². The van der Waals surface area contributed by atoms with Crippen molar-refractivity contribution in [2.45, 2.75) is 26.3 Å². The Bertz CT molecular complexity index is 907. The number of anilines is 1. The summed E-state index contributed by atoms with van der Waals surface area (Å²) in [5, 5.41) is 3.19. The Morgan fingerprint density at radius 2 is 1.71 bits per heavy atom. The van der Waals surface area contributed by atoms with E-state index in [4.69, 9.17) is 16.3 Å². The first-order valence-corrected chi connectivity index (χ1v) is 9.32. The van der Waals surface area contributed by atoms with Gasteiger partial charge in [-0.3, -0.25) is 19.3 Å². The number of nitrogens with one attached hydrogen (secondary N) is 1. The highest BCUT2D eigenvalue weighted by atomic mass is 35.5. The van der Waals surface area contributed by atoms with E-state index in [1.165, 1.54) is 7.11 Å². The third kappa shape index (κ3) is 3.73. The SMILES string of the molecule is COc1ccc(Cl)cc1NC(=O)[C@@H](CC(C)C)N1C(=O)c2ccccc2C1=O. The van der Waals surface area contributed by atoms with Gasteiger partial charge in [0.25, 0.3) is 11.8 Å². The monoisotopic (exact) mass is 400 g/mol. The lowest BCUT2D eigenvalue weighted by Gasteiger charge is -2.27. The number of methoxy groups -OCH3 is 1. The van der Waals surface area contributed by atoms with Gasteiger partial charge in [0.1, 0.15) is 11.8 Å². The topological polar surface area (TPSA) is 75.7 Å². The number of hydrogen-bond acceptors (Lipinski definition) is 4. The zero-order chi connectivity index (χ0) is 20.4. The standard InChI is InChI=1S/C21H21ClN2O4/c1-12(2)10-17(19(25)23-16-11-13(22)8-9-18(16)28-3)24-20(26)14-6-4-5-7-15(14)21(24)27/h4-9,11-12,17H,10H2,1-3H3,(H,23,25)/t17-/m1/s1. The molecule has 146 valence electrons. The fourth-order valence-corrected chi connectivity index (χ4v) is 3.43. The van der Waals surface area contributed by atoms with Crippen LogP contribution >= 0.6 is 11.6 Å². The van der Waals surface area contributed by atoms with Gasteiger partial charge >= 0.3 is 0 Å². The summed E-state index contributed by atoms with van der Waals surface area (Å²) < 4.78 is 5.26. The summed E-state index contributed by atoms with van der Waals surface area (Å²) in [4.78, 5) is 39.8. The Labute approximate surface area is 168 Å². The molecule has 0 radical (unpaired) electrons. The largest absolute Gasteiger partial charge is 0.495 e. The minimum Gasteiger partial charge on any atom is -0.495 e. The summed E-state index contributed by atoms with van der Waals surface area (Å²) in [6, 6.07) is 10.5. The van der Waals surface area contributed by atoms with Crippen molar-refractivity contribution in [2.24, 2.45) is 5.92 Å². The van der Waals surface area contributed by atoms with E-state index in [0.29, 0.717) is 34.0 Å². The van der Waals surface area contributed by atoms with E-state index in [-0.39, 0.29) is 5.92 Å². The molecule has 0 spiro atoms. The molecule has 0 bridgehead atoms. The van der Waals surface area contributed by atoms with Crippen LogP contribution in [0.4, 0.5) is 5.69 Å². The Kier molecular flexibility index (Phi) is 5.70. The maximum Gasteiger partial charge on any atom is 0.262 e. The number of amides is 3. The van der Waals surface area contributed by atoms with Crippen LogP contribution in [0.3, 0.4) is 0 Å². The van der Waals surface area contributed by atoms with Crippen LogP contribution in [0.2, 0.25) is 5.02 Å². The van der Waals surface area contributed by atoms with Gasteiger partial charge in [-0.05, 0) is 42.7 Å². The molecule has 3 amide bonds. The number of halogens is 1. The van der Waals surface area contributed by atoms with E-state index in [1.54, 1.807) is 42.5 Å². The lowest BCUT2D eigenvalue weighted by molar-refractivity contribution is -0.120. The molecule has 1 atom stereocenters. The molecule has 1 heterocycles. The van der Waals surface area contributed by atoms with Gasteiger partial charge in [-0.15, -0.1) is 0 Å². The molecule has 3 rings (SSSR count). The molecular formula is C21H21ClN2O4. The maximum atomic E-state index is 13.1. The van der Waals surface area contributed by atoms with Gasteiger partial charge in [0.15, 0.2) is 0 Å². The first-order chi connectivity index (χ1) is 13.3. The number of ether oxygens (including phenoxy) is 1. The lowest BCUT2D eigenvalue weighted by atomic mass is 10.0. The zero-order valence-corrected chi connectivity index (χ0v) is 16.6. The van der Waals surface area contributed by atoms with Crippen LogP contribution in [0.1, 0.15) is 41.0 Å². The van der Waals surface area contributed by atoms with E-state index < -0.39 is 23.8 Å². The predicted octanol–water partition coefficient (Wildman–Crippen LogP) is 4.00. The van der Waals surface area contributed by atoms with Crippen LogP contribution in [0.15, 0.2) is 42.5 Å². The van der Waals surface area contributed by atoms with E-state index in [2.05, 4.69) is 5.32 Å². The van der Waals surface area contributed by atoms with Gasteiger partial charge in [0.2, 0.25) is 5.91 Å². The van der Waals surface area contributed by atoms with Crippen molar-refractivity contribution in [1.29, 1.82) is 0 Å². The quantitative estimate of drug-likeness (QED) is 0.743. The lowest BCUT2D eigenvalue weighted by Crippen LogP contribution is -2.48. The van der Waals surface area contributed by atoms with Crippen molar-refractivity contribution >= 4 is 35.0 Å². The molecule has 0 saturated carbocycles. The second kappa shape index (κ2) is 8.02. The van der Waals surface area contributed by atoms with Crippen molar-refractivity contribution in [3.8, 4) is 5.75 Å². The van der Waals surface area contributed by atoms with E-state index >= 15 is 0 Å². The second-order valence-corrected chi connectivity index (χ2v) is 7.44. The summed E-state index contributed by atoms with van der Waals surface area (Å²) >= 11 is 6.03. The summed E-state index contributed by atoms with van der Waals surface area (Å²) in [5.41, 5.74) is 1.01. The number of rotatable bonds is 6. The summed E-state index contributed by atoms with van der Waals surface area (Å²) in [6.07, 6.45) is 0.334. The number of carbonyl (C=O) groups excluding carboxylic acids is 3. The molecule has 0 unspecified atom stereocenters. The normalized spacial score (nSPS) is 14.2. The van der Waals surface area contributed by atoms with Crippen molar-refractivity contribution in [3.63, 3.8) is 0 Å². The van der Waals surface area contributed by atoms with Crippen LogP contribution in [0, 0.1) is 5.92 Å². The minimum absolute atomic E-state index is 0.0846. The molecule has 7 heteroatoms. The highest BCUT2D eigenvalue weighted by Crippen LogP contribution is 2.30. The molecule has 0 aromatic heterocycles. The second-order valence-electron chi connectivity index (χ2n) is 7.01. The third-order valence-electron chi connectivity index (χ3n) is 4.55. The van der Waals surface area contributed by atoms with Crippen LogP contribution in [0.25, 0.3) is 0 Å². The molecule has 1 aliphatic rings. The molecule has 1 N–H and O–H groups in total. The van der Waals surface area contributed by atoms with Crippen molar-refractivity contribution in [1.82, 2.24) is 4.90 Å². The Morgan fingerprint density at radius 1 is 1.11 bits per heavy atom. The minimum atomic E-state index is -0.948. The fraction of sp³-hybridized carbons (Fsp3) is 0.286. The number of nitrogens with zero attached hydrogens (tertiary/aromatic N) is 1. The van der Waals surface area contributed by atoms with Crippen LogP contribution in [-0.4, -0.2) is 35.8 Å². The highest BCUT2D eigenvalue weighted by Gasteiger charge is 2.42. The molecule has 6 nitrogen and oxygen atoms in total. The summed E-state index contributed by atoms with van der Waals surface area (Å²) in [7, 11) is 1.48. The fourth-order valence-electron chi connectivity index (χ4n) is 3.26. The van der Waals surface area contributed by atoms with Gasteiger partial charge in [0, 0.05) is 5.02 Å². The van der Waals surface area contributed by atoms with E-state index in [0.717, 1.165) is 4.90 Å². The molecule has 28 heavy (non-hydrogen) atoms. The molecule has 2 aromatic carbocycles. The van der Waals surface area contributed by atoms with Crippen molar-refractivity contribution < 1.29 is 19.1 Å². The van der Waals surface area contributed by atoms with Gasteiger partial charge in [-0.25, -0.2) is 0 Å². The highest BCUT2D eigenvalue weighted by molar-refractivity contribution is 6.31. The number of benzene rings is 2. The van der Waals surface area contributed by atoms with Crippen LogP contribution in [0.5, 0.6) is 5.75 Å². The maximum absolute atomic E-state index is 13.1. The van der Waals surface area contributed by atoms with Gasteiger partial charge in [-0.1, -0.05) is 37.6 Å². The number of fused-ring (bicyclic) bond motifs is 1. The van der Waals surface area contributed by atoms with Gasteiger partial charge < -0.3 is 10.1 Å². The Balaban J connectivity index is 1.93. The molecule has 0 saturated heterocycles. The first kappa shape index (κ1) is 19.9. The Hall–Kier alpha value is -2.86. The van der Waals surface area contributed by atoms with E-state index in [1.807, 2.05) is 13.8 Å². The van der Waals surface area contributed by atoms with Crippen LogP contribution in [-0.2, 0) is 4.79 Å². The average molecular weight is 401 g/mol. The number of carbonyl (C=O) groups is 3. The average Bonchev–Trinajstić information content (AvgIpc) is 2.91. The molecule has 2 aromatic rings. The number of imide groups is 1. The molecule has 1 aliphatic heterocycles. The predicted molar refractivity (Wildman–Crippen MR) is 107 cm³/mol. The molecule has 0 aliphatic carbocycles. The Morgan fingerprint density at radius 3 is 2.25 bits per heavy atom. The van der Waals surface area contributed by atoms with Gasteiger partial charge in [0.05, 0.1) is 23.9 Å². The smallest absolute Gasteiger partial charge is 0.262 e. The molecule has 0 fully saturated rings. The summed E-state index contributed by atoms with van der Waals surface area (Å²) in [6.45, 7) is 3.86. The molecular weight excluding hydrogens is 380 g/mol. The summed E-state index contributed by atoms with van der Waals surface area (Å²) in [5.74, 6) is -0.868. The zero-order valence-electron chi connectivity index (χ0n) is 15.9. The first-order valence-electron chi connectivity index (χ1n) is 8.94. The van der Waals surface area contributed by atoms with E-state index in [9.17, 15) is 14.4 Å².